The molecule has 2 aliphatic heterocycles. The zero-order valence-electron chi connectivity index (χ0n) is 9.95. The van der Waals surface area contributed by atoms with E-state index in [2.05, 4.69) is 17.3 Å². The van der Waals surface area contributed by atoms with E-state index in [1.165, 1.54) is 0 Å². The first-order chi connectivity index (χ1) is 7.75. The van der Waals surface area contributed by atoms with E-state index in [-0.39, 0.29) is 18.6 Å². The molecular weight excluding hydrogens is 206 g/mol. The quantitative estimate of drug-likeness (QED) is 0.681. The molecule has 0 aliphatic carbocycles. The van der Waals surface area contributed by atoms with Crippen molar-refractivity contribution in [1.82, 2.24) is 15.1 Å². The number of amides is 1. The van der Waals surface area contributed by atoms with Crippen molar-refractivity contribution in [3.63, 3.8) is 0 Å². The Labute approximate surface area is 96.7 Å². The van der Waals surface area contributed by atoms with Gasteiger partial charge in [0.2, 0.25) is 5.91 Å². The van der Waals surface area contributed by atoms with Crippen LogP contribution in [0.15, 0.2) is 0 Å². The Morgan fingerprint density at radius 1 is 1.38 bits per heavy atom. The molecule has 2 heterocycles. The van der Waals surface area contributed by atoms with Crippen molar-refractivity contribution in [2.45, 2.75) is 12.5 Å². The van der Waals surface area contributed by atoms with Crippen LogP contribution in [0.5, 0.6) is 0 Å². The van der Waals surface area contributed by atoms with E-state index in [0.29, 0.717) is 0 Å². The van der Waals surface area contributed by atoms with Crippen LogP contribution >= 0.6 is 0 Å². The summed E-state index contributed by atoms with van der Waals surface area (Å²) < 4.78 is 5.58. The van der Waals surface area contributed by atoms with Gasteiger partial charge in [-0.2, -0.15) is 0 Å². The third-order valence-electron chi connectivity index (χ3n) is 3.31. The van der Waals surface area contributed by atoms with Gasteiger partial charge in [0.1, 0.15) is 6.61 Å². The minimum atomic E-state index is 0.139. The number of ether oxygens (including phenoxy) is 1. The molecule has 0 aromatic rings. The van der Waals surface area contributed by atoms with Crippen molar-refractivity contribution in [2.24, 2.45) is 0 Å². The van der Waals surface area contributed by atoms with Crippen molar-refractivity contribution in [2.75, 3.05) is 52.9 Å². The van der Waals surface area contributed by atoms with Crippen molar-refractivity contribution in [3.05, 3.63) is 0 Å². The lowest BCUT2D eigenvalue weighted by molar-refractivity contribution is -0.139. The second kappa shape index (κ2) is 5.61. The third-order valence-corrected chi connectivity index (χ3v) is 3.31. The molecule has 2 rings (SSSR count). The Morgan fingerprint density at radius 2 is 2.12 bits per heavy atom. The van der Waals surface area contributed by atoms with E-state index in [1.807, 2.05) is 4.90 Å². The molecule has 5 heteroatoms. The first-order valence-corrected chi connectivity index (χ1v) is 6.04. The van der Waals surface area contributed by atoms with E-state index < -0.39 is 0 Å². The number of hydrogen-bond acceptors (Lipinski definition) is 4. The van der Waals surface area contributed by atoms with Gasteiger partial charge in [-0.15, -0.1) is 0 Å². The Bertz CT molecular complexity index is 233. The van der Waals surface area contributed by atoms with Gasteiger partial charge in [-0.05, 0) is 20.0 Å². The first-order valence-electron chi connectivity index (χ1n) is 6.04. The molecule has 0 spiro atoms. The van der Waals surface area contributed by atoms with Gasteiger partial charge in [0.25, 0.3) is 0 Å². The van der Waals surface area contributed by atoms with Crippen molar-refractivity contribution >= 4 is 5.91 Å². The van der Waals surface area contributed by atoms with Crippen molar-refractivity contribution < 1.29 is 9.53 Å². The molecule has 16 heavy (non-hydrogen) atoms. The highest BCUT2D eigenvalue weighted by Gasteiger charge is 2.21. The van der Waals surface area contributed by atoms with Crippen LogP contribution in [0.4, 0.5) is 0 Å². The molecule has 1 amide bonds. The van der Waals surface area contributed by atoms with Gasteiger partial charge in [-0.3, -0.25) is 4.79 Å². The fourth-order valence-corrected chi connectivity index (χ4v) is 2.11. The lowest BCUT2D eigenvalue weighted by Gasteiger charge is -2.32. The van der Waals surface area contributed by atoms with Gasteiger partial charge in [0, 0.05) is 32.7 Å². The maximum Gasteiger partial charge on any atom is 0.248 e. The standard InChI is InChI=1S/C11H21N3O2/c1-13-4-6-14(7-5-13)11(15)9-16-10-2-3-12-8-10/h10,12H,2-9H2,1H3. The number of likely N-dealkylation sites (N-methyl/N-ethyl adjacent to an activating group) is 1. The van der Waals surface area contributed by atoms with Crippen LogP contribution in [-0.4, -0.2) is 74.7 Å². The highest BCUT2D eigenvalue weighted by atomic mass is 16.5. The molecule has 0 aromatic carbocycles. The predicted octanol–water partition coefficient (Wildman–Crippen LogP) is -0.861. The number of nitrogens with zero attached hydrogens (tertiary/aromatic N) is 2. The van der Waals surface area contributed by atoms with E-state index in [1.54, 1.807) is 0 Å². The molecule has 5 nitrogen and oxygen atoms in total. The number of nitrogens with one attached hydrogen (secondary N) is 1. The summed E-state index contributed by atoms with van der Waals surface area (Å²) in [7, 11) is 2.09. The lowest BCUT2D eigenvalue weighted by atomic mass is 10.3. The number of piperazine rings is 1. The van der Waals surface area contributed by atoms with E-state index in [9.17, 15) is 4.79 Å². The molecular formula is C11H21N3O2. The summed E-state index contributed by atoms with van der Waals surface area (Å²) in [6.45, 7) is 5.75. The highest BCUT2D eigenvalue weighted by molar-refractivity contribution is 5.77. The average Bonchev–Trinajstić information content (AvgIpc) is 2.80. The maximum absolute atomic E-state index is 11.8. The molecule has 1 atom stereocenters. The van der Waals surface area contributed by atoms with Crippen LogP contribution in [0, 0.1) is 0 Å². The zero-order chi connectivity index (χ0) is 11.4. The summed E-state index contributed by atoms with van der Waals surface area (Å²) in [5.74, 6) is 0.139. The van der Waals surface area contributed by atoms with Crippen molar-refractivity contribution in [1.29, 1.82) is 0 Å². The van der Waals surface area contributed by atoms with Gasteiger partial charge in [-0.25, -0.2) is 0 Å². The SMILES string of the molecule is CN1CCN(C(=O)COC2CCNC2)CC1. The Balaban J connectivity index is 1.67. The average molecular weight is 227 g/mol. The van der Waals surface area contributed by atoms with Crippen LogP contribution in [0.3, 0.4) is 0 Å². The van der Waals surface area contributed by atoms with E-state index >= 15 is 0 Å². The van der Waals surface area contributed by atoms with Gasteiger partial charge in [-0.1, -0.05) is 0 Å². The maximum atomic E-state index is 11.8. The molecule has 2 fully saturated rings. The zero-order valence-corrected chi connectivity index (χ0v) is 9.95. The number of carbonyl (C=O) groups excluding carboxylic acids is 1. The first kappa shape index (κ1) is 11.8. The van der Waals surface area contributed by atoms with Gasteiger partial charge < -0.3 is 19.9 Å². The van der Waals surface area contributed by atoms with Crippen LogP contribution < -0.4 is 5.32 Å². The molecule has 1 unspecified atom stereocenters. The van der Waals surface area contributed by atoms with Crippen LogP contribution in [0.2, 0.25) is 0 Å². The number of rotatable bonds is 3. The van der Waals surface area contributed by atoms with Crippen LogP contribution in [-0.2, 0) is 9.53 Å². The summed E-state index contributed by atoms with van der Waals surface area (Å²) in [6.07, 6.45) is 1.26. The molecule has 0 radical (unpaired) electrons. The second-order valence-electron chi connectivity index (χ2n) is 4.61. The van der Waals surface area contributed by atoms with E-state index in [0.717, 1.165) is 45.7 Å². The summed E-state index contributed by atoms with van der Waals surface area (Å²) >= 11 is 0. The summed E-state index contributed by atoms with van der Waals surface area (Å²) in [6, 6.07) is 0. The topological polar surface area (TPSA) is 44.8 Å². The minimum absolute atomic E-state index is 0.139. The van der Waals surface area contributed by atoms with Crippen LogP contribution in [0.25, 0.3) is 0 Å². The Kier molecular flexibility index (Phi) is 4.15. The molecule has 2 saturated heterocycles. The molecule has 0 saturated carbocycles. The molecule has 0 bridgehead atoms. The molecule has 92 valence electrons. The van der Waals surface area contributed by atoms with Crippen molar-refractivity contribution in [3.8, 4) is 0 Å². The van der Waals surface area contributed by atoms with E-state index in [4.69, 9.17) is 4.74 Å². The molecule has 0 aromatic heterocycles. The summed E-state index contributed by atoms with van der Waals surface area (Å²) in [5.41, 5.74) is 0. The normalized spacial score (nSPS) is 27.3. The fourth-order valence-electron chi connectivity index (χ4n) is 2.11. The fraction of sp³-hybridized carbons (Fsp3) is 0.909. The minimum Gasteiger partial charge on any atom is -0.367 e. The Hall–Kier alpha value is -0.650. The lowest BCUT2D eigenvalue weighted by Crippen LogP contribution is -2.48. The largest absolute Gasteiger partial charge is 0.367 e. The van der Waals surface area contributed by atoms with Crippen LogP contribution in [0.1, 0.15) is 6.42 Å². The van der Waals surface area contributed by atoms with Gasteiger partial charge in [0.15, 0.2) is 0 Å². The monoisotopic (exact) mass is 227 g/mol. The Morgan fingerprint density at radius 3 is 2.75 bits per heavy atom. The number of carbonyl (C=O) groups is 1. The number of hydrogen-bond donors (Lipinski definition) is 1. The summed E-state index contributed by atoms with van der Waals surface area (Å²) in [4.78, 5) is 16.0. The highest BCUT2D eigenvalue weighted by Crippen LogP contribution is 2.05. The summed E-state index contributed by atoms with van der Waals surface area (Å²) in [5, 5.41) is 3.22. The predicted molar refractivity (Wildman–Crippen MR) is 61.3 cm³/mol. The van der Waals surface area contributed by atoms with Gasteiger partial charge >= 0.3 is 0 Å². The third kappa shape index (κ3) is 3.17. The smallest absolute Gasteiger partial charge is 0.248 e. The molecule has 2 aliphatic rings. The van der Waals surface area contributed by atoms with Gasteiger partial charge in [0.05, 0.1) is 6.10 Å². The second-order valence-corrected chi connectivity index (χ2v) is 4.61. The molecule has 1 N–H and O–H groups in total.